The second kappa shape index (κ2) is 12.3. The molecule has 3 aromatic carbocycles. The van der Waals surface area contributed by atoms with Crippen molar-refractivity contribution >= 4 is 56.5 Å². The van der Waals surface area contributed by atoms with Crippen LogP contribution in [0.15, 0.2) is 77.7 Å². The first-order valence-electron chi connectivity index (χ1n) is 12.2. The van der Waals surface area contributed by atoms with Crippen LogP contribution in [0.1, 0.15) is 43.0 Å². The second-order valence-electron chi connectivity index (χ2n) is 9.21. The molecule has 1 aliphatic heterocycles. The zero-order valence-electron chi connectivity index (χ0n) is 20.8. The van der Waals surface area contributed by atoms with E-state index in [2.05, 4.69) is 0 Å². The molecule has 1 aliphatic rings. The Kier molecular flexibility index (Phi) is 9.24. The number of carboxylic acid groups (broad SMARTS) is 1. The molecule has 206 valence electrons. The average Bonchev–Trinajstić information content (AvgIpc) is 2.89. The Labute approximate surface area is 242 Å². The number of rotatable bonds is 9. The number of carbonyl (C=O) groups excluding carboxylic acids is 1. The van der Waals surface area contributed by atoms with Gasteiger partial charge in [-0.15, -0.1) is 0 Å². The van der Waals surface area contributed by atoms with Crippen LogP contribution in [0.2, 0.25) is 15.1 Å². The van der Waals surface area contributed by atoms with Gasteiger partial charge in [-0.1, -0.05) is 78.1 Å². The van der Waals surface area contributed by atoms with E-state index in [1.165, 1.54) is 17.0 Å². The molecule has 4 atom stereocenters. The van der Waals surface area contributed by atoms with Crippen molar-refractivity contribution in [3.8, 4) is 0 Å². The van der Waals surface area contributed by atoms with Crippen molar-refractivity contribution in [3.63, 3.8) is 0 Å². The van der Waals surface area contributed by atoms with Gasteiger partial charge in [0.2, 0.25) is 0 Å². The SMILES string of the molecule is CC[C@@H](CS(=O)(=O)c1ccccc1Cl)N1C(=O)C(CC(=O)O)O[C@H](c2cccc(Cl)c2)[C@H]1c1ccc(Cl)cc1. The van der Waals surface area contributed by atoms with Gasteiger partial charge in [0.15, 0.2) is 9.84 Å². The Hall–Kier alpha value is -2.62. The molecule has 39 heavy (non-hydrogen) atoms. The van der Waals surface area contributed by atoms with Crippen LogP contribution in [0.4, 0.5) is 0 Å². The lowest BCUT2D eigenvalue weighted by Crippen LogP contribution is -2.56. The Balaban J connectivity index is 1.87. The molecule has 0 saturated carbocycles. The highest BCUT2D eigenvalue weighted by molar-refractivity contribution is 7.91. The monoisotopic (exact) mass is 609 g/mol. The van der Waals surface area contributed by atoms with E-state index >= 15 is 0 Å². The summed E-state index contributed by atoms with van der Waals surface area (Å²) < 4.78 is 33.2. The van der Waals surface area contributed by atoms with E-state index < -0.39 is 58.2 Å². The van der Waals surface area contributed by atoms with Crippen molar-refractivity contribution in [2.75, 3.05) is 5.75 Å². The predicted octanol–water partition coefficient (Wildman–Crippen LogP) is 6.38. The van der Waals surface area contributed by atoms with E-state index in [0.29, 0.717) is 21.2 Å². The van der Waals surface area contributed by atoms with E-state index in [-0.39, 0.29) is 16.3 Å². The van der Waals surface area contributed by atoms with Gasteiger partial charge in [0.05, 0.1) is 28.1 Å². The van der Waals surface area contributed by atoms with E-state index in [9.17, 15) is 23.1 Å². The van der Waals surface area contributed by atoms with E-state index in [1.807, 2.05) is 0 Å². The number of amides is 1. The van der Waals surface area contributed by atoms with Crippen LogP contribution in [0.25, 0.3) is 0 Å². The summed E-state index contributed by atoms with van der Waals surface area (Å²) in [4.78, 5) is 27.0. The summed E-state index contributed by atoms with van der Waals surface area (Å²) >= 11 is 18.6. The van der Waals surface area contributed by atoms with Crippen LogP contribution < -0.4 is 0 Å². The van der Waals surface area contributed by atoms with Gasteiger partial charge in [0.25, 0.3) is 5.91 Å². The number of nitrogens with zero attached hydrogens (tertiary/aromatic N) is 1. The largest absolute Gasteiger partial charge is 0.481 e. The number of carboxylic acids is 1. The van der Waals surface area contributed by atoms with Crippen molar-refractivity contribution in [2.45, 2.75) is 49.0 Å². The van der Waals surface area contributed by atoms with Crippen molar-refractivity contribution in [1.29, 1.82) is 0 Å². The van der Waals surface area contributed by atoms with Crippen LogP contribution in [0, 0.1) is 0 Å². The Morgan fingerprint density at radius 1 is 0.974 bits per heavy atom. The molecule has 0 aliphatic carbocycles. The fraction of sp³-hybridized carbons (Fsp3) is 0.286. The number of aliphatic carboxylic acids is 1. The van der Waals surface area contributed by atoms with Crippen LogP contribution in [0.5, 0.6) is 0 Å². The summed E-state index contributed by atoms with van der Waals surface area (Å²) in [6.07, 6.45) is -2.51. The van der Waals surface area contributed by atoms with Crippen molar-refractivity contribution in [1.82, 2.24) is 4.90 Å². The maximum Gasteiger partial charge on any atom is 0.306 e. The number of morpholine rings is 1. The summed E-state index contributed by atoms with van der Waals surface area (Å²) in [5.74, 6) is -2.26. The molecule has 3 aromatic rings. The first-order valence-corrected chi connectivity index (χ1v) is 15.0. The predicted molar refractivity (Wildman–Crippen MR) is 150 cm³/mol. The molecule has 1 amide bonds. The van der Waals surface area contributed by atoms with E-state index in [0.717, 1.165) is 0 Å². The third-order valence-corrected chi connectivity index (χ3v) is 9.40. The van der Waals surface area contributed by atoms with Crippen molar-refractivity contribution < 1.29 is 27.9 Å². The quantitative estimate of drug-likeness (QED) is 0.302. The molecule has 0 bridgehead atoms. The molecule has 0 spiro atoms. The molecule has 11 heteroatoms. The summed E-state index contributed by atoms with van der Waals surface area (Å²) in [5.41, 5.74) is 1.25. The summed E-state index contributed by atoms with van der Waals surface area (Å²) in [6.45, 7) is 1.77. The van der Waals surface area contributed by atoms with Crippen LogP contribution in [0.3, 0.4) is 0 Å². The number of sulfone groups is 1. The number of hydrogen-bond acceptors (Lipinski definition) is 5. The second-order valence-corrected chi connectivity index (χ2v) is 12.5. The highest BCUT2D eigenvalue weighted by atomic mass is 35.5. The lowest BCUT2D eigenvalue weighted by Gasteiger charge is -2.48. The molecular formula is C28H26Cl3NO6S. The van der Waals surface area contributed by atoms with E-state index in [1.54, 1.807) is 67.6 Å². The highest BCUT2D eigenvalue weighted by Crippen LogP contribution is 2.45. The molecule has 1 saturated heterocycles. The minimum atomic E-state index is -3.94. The van der Waals surface area contributed by atoms with Crippen molar-refractivity contribution in [2.24, 2.45) is 0 Å². The first kappa shape index (κ1) is 29.4. The standard InChI is InChI=1S/C28H26Cl3NO6S/c1-2-21(16-39(36,37)24-9-4-3-8-22(24)31)32-26(17-10-12-19(29)13-11-17)27(18-6-5-7-20(30)14-18)38-23(28(32)35)15-25(33)34/h3-14,21,23,26-27H,2,15-16H2,1H3,(H,33,34)/t21-,23?,26+,27+/m0/s1. The molecule has 1 N–H and O–H groups in total. The van der Waals surface area contributed by atoms with Crippen LogP contribution in [-0.4, -0.2) is 48.2 Å². The fourth-order valence-electron chi connectivity index (χ4n) is 4.83. The van der Waals surface area contributed by atoms with Crippen LogP contribution >= 0.6 is 34.8 Å². The first-order chi connectivity index (χ1) is 18.5. The molecule has 1 heterocycles. The smallest absolute Gasteiger partial charge is 0.306 e. The maximum atomic E-state index is 13.9. The third kappa shape index (κ3) is 6.58. The normalized spacial score (nSPS) is 20.6. The maximum absolute atomic E-state index is 13.9. The van der Waals surface area contributed by atoms with Gasteiger partial charge >= 0.3 is 5.97 Å². The highest BCUT2D eigenvalue weighted by Gasteiger charge is 2.48. The van der Waals surface area contributed by atoms with Gasteiger partial charge in [-0.3, -0.25) is 9.59 Å². The molecule has 4 rings (SSSR count). The molecule has 1 fully saturated rings. The summed E-state index contributed by atoms with van der Waals surface area (Å²) in [6, 6.07) is 18.2. The topological polar surface area (TPSA) is 101 Å². The van der Waals surface area contributed by atoms with Gasteiger partial charge in [0.1, 0.15) is 12.2 Å². The lowest BCUT2D eigenvalue weighted by molar-refractivity contribution is -0.182. The fourth-order valence-corrected chi connectivity index (χ4v) is 7.38. The Morgan fingerprint density at radius 3 is 2.28 bits per heavy atom. The summed E-state index contributed by atoms with van der Waals surface area (Å²) in [5, 5.41) is 10.5. The minimum Gasteiger partial charge on any atom is -0.481 e. The zero-order chi connectivity index (χ0) is 28.3. The number of hydrogen-bond donors (Lipinski definition) is 1. The Bertz CT molecular complexity index is 1460. The third-order valence-electron chi connectivity index (χ3n) is 6.62. The van der Waals surface area contributed by atoms with Gasteiger partial charge in [-0.2, -0.15) is 0 Å². The molecule has 1 unspecified atom stereocenters. The number of benzene rings is 3. The number of ether oxygens (including phenoxy) is 1. The molecular weight excluding hydrogens is 585 g/mol. The van der Waals surface area contributed by atoms with Gasteiger partial charge in [0, 0.05) is 16.1 Å². The number of halogens is 3. The van der Waals surface area contributed by atoms with E-state index in [4.69, 9.17) is 39.5 Å². The molecule has 7 nitrogen and oxygen atoms in total. The minimum absolute atomic E-state index is 0.0395. The zero-order valence-corrected chi connectivity index (χ0v) is 23.9. The lowest BCUT2D eigenvalue weighted by atomic mass is 9.89. The van der Waals surface area contributed by atoms with Gasteiger partial charge in [-0.25, -0.2) is 8.42 Å². The number of carbonyl (C=O) groups is 2. The Morgan fingerprint density at radius 2 is 1.67 bits per heavy atom. The summed E-state index contributed by atoms with van der Waals surface area (Å²) in [7, 11) is -3.94. The van der Waals surface area contributed by atoms with Crippen LogP contribution in [-0.2, 0) is 24.2 Å². The molecule has 0 aromatic heterocycles. The van der Waals surface area contributed by atoms with Gasteiger partial charge in [-0.05, 0) is 53.9 Å². The average molecular weight is 611 g/mol. The van der Waals surface area contributed by atoms with Crippen molar-refractivity contribution in [3.05, 3.63) is 99.0 Å². The van der Waals surface area contributed by atoms with Gasteiger partial charge < -0.3 is 14.7 Å². The molecule has 0 radical (unpaired) electrons.